The average Bonchev–Trinajstić information content (AvgIpc) is 3.08. The molecule has 1 saturated carbocycles. The van der Waals surface area contributed by atoms with Gasteiger partial charge in [-0.25, -0.2) is 0 Å². The highest BCUT2D eigenvalue weighted by Gasteiger charge is 2.51. The molecule has 5 N–H and O–H groups in total. The number of aromatic nitrogens is 1. The first-order chi connectivity index (χ1) is 11.4. The molecule has 0 saturated heterocycles. The van der Waals surface area contributed by atoms with Gasteiger partial charge in [0.05, 0.1) is 12.6 Å². The molecule has 1 aliphatic rings. The first kappa shape index (κ1) is 17.0. The molecule has 2 atom stereocenters. The van der Waals surface area contributed by atoms with Gasteiger partial charge in [-0.15, -0.1) is 0 Å². The predicted octanol–water partition coefficient (Wildman–Crippen LogP) is 2.10. The topological polar surface area (TPSA) is 91.1 Å². The summed E-state index contributed by atoms with van der Waals surface area (Å²) in [5, 5.41) is 13.8. The number of nitrogens with two attached hydrogens (primary N) is 1. The Hall–Kier alpha value is -1.85. The molecule has 0 radical (unpaired) electrons. The maximum Gasteiger partial charge on any atom is 0.240 e. The molecule has 2 aromatic rings. The van der Waals surface area contributed by atoms with Gasteiger partial charge in [0.2, 0.25) is 5.91 Å². The monoisotopic (exact) mass is 329 g/mol. The number of aromatic amines is 1. The number of carbonyl (C=O) groups excluding carboxylic acids is 1. The Morgan fingerprint density at radius 3 is 2.79 bits per heavy atom. The van der Waals surface area contributed by atoms with Gasteiger partial charge in [-0.1, -0.05) is 38.5 Å². The summed E-state index contributed by atoms with van der Waals surface area (Å²) in [5.41, 5.74) is 7.51. The second kappa shape index (κ2) is 6.22. The number of para-hydroxylation sites is 1. The Morgan fingerprint density at radius 2 is 2.12 bits per heavy atom. The van der Waals surface area contributed by atoms with Crippen molar-refractivity contribution in [1.29, 1.82) is 0 Å². The van der Waals surface area contributed by atoms with Crippen molar-refractivity contribution in [3.05, 3.63) is 36.0 Å². The zero-order valence-corrected chi connectivity index (χ0v) is 14.4. The highest BCUT2D eigenvalue weighted by atomic mass is 16.3. The molecule has 1 aromatic carbocycles. The minimum absolute atomic E-state index is 0.109. The van der Waals surface area contributed by atoms with Crippen LogP contribution in [0.1, 0.15) is 38.7 Å². The van der Waals surface area contributed by atoms with Crippen molar-refractivity contribution in [2.45, 2.75) is 51.1 Å². The van der Waals surface area contributed by atoms with Gasteiger partial charge in [0, 0.05) is 17.1 Å². The summed E-state index contributed by atoms with van der Waals surface area (Å²) in [5.74, 6) is -0.149. The lowest BCUT2D eigenvalue weighted by Crippen LogP contribution is -2.62. The molecule has 1 aromatic heterocycles. The number of rotatable bonds is 5. The van der Waals surface area contributed by atoms with Crippen molar-refractivity contribution in [1.82, 2.24) is 10.3 Å². The Balaban J connectivity index is 1.74. The van der Waals surface area contributed by atoms with Crippen LogP contribution in [-0.4, -0.2) is 34.2 Å². The molecule has 24 heavy (non-hydrogen) atoms. The zero-order valence-electron chi connectivity index (χ0n) is 14.4. The number of hydrogen-bond acceptors (Lipinski definition) is 3. The van der Waals surface area contributed by atoms with Crippen LogP contribution in [0, 0.1) is 5.41 Å². The summed E-state index contributed by atoms with van der Waals surface area (Å²) >= 11 is 0. The molecule has 3 rings (SSSR count). The number of aliphatic hydroxyl groups is 1. The molecule has 130 valence electrons. The van der Waals surface area contributed by atoms with E-state index in [1.165, 1.54) is 0 Å². The second-order valence-corrected chi connectivity index (χ2v) is 7.63. The first-order valence-corrected chi connectivity index (χ1v) is 8.63. The Kier molecular flexibility index (Phi) is 4.40. The number of H-pyrrole nitrogens is 1. The third-order valence-corrected chi connectivity index (χ3v) is 5.68. The molecular formula is C19H27N3O2. The van der Waals surface area contributed by atoms with Crippen LogP contribution < -0.4 is 11.1 Å². The van der Waals surface area contributed by atoms with E-state index in [0.717, 1.165) is 29.3 Å². The number of benzene rings is 1. The van der Waals surface area contributed by atoms with Crippen LogP contribution in [0.3, 0.4) is 0 Å². The summed E-state index contributed by atoms with van der Waals surface area (Å²) in [7, 11) is 0. The van der Waals surface area contributed by atoms with Crippen LogP contribution in [0.25, 0.3) is 10.9 Å². The number of carbonyl (C=O) groups is 1. The van der Waals surface area contributed by atoms with Gasteiger partial charge < -0.3 is 21.1 Å². The minimum Gasteiger partial charge on any atom is -0.394 e. The van der Waals surface area contributed by atoms with Crippen LogP contribution in [0.2, 0.25) is 0 Å². The molecule has 1 heterocycles. The van der Waals surface area contributed by atoms with Gasteiger partial charge >= 0.3 is 0 Å². The van der Waals surface area contributed by atoms with Crippen molar-refractivity contribution in [2.75, 3.05) is 6.61 Å². The number of fused-ring (bicyclic) bond motifs is 1. The summed E-state index contributed by atoms with van der Waals surface area (Å²) in [6.07, 6.45) is 5.11. The standard InChI is InChI=1S/C19H27N3O2/c1-18(2)8-5-9-19(18,20)17(24)22-14(12-23)10-13-11-21-16-7-4-3-6-15(13)16/h3-4,6-7,11,14,21,23H,5,8-10,12,20H2,1-2H3,(H,22,24). The number of nitrogens with one attached hydrogen (secondary N) is 2. The largest absolute Gasteiger partial charge is 0.394 e. The maximum absolute atomic E-state index is 12.8. The quantitative estimate of drug-likeness (QED) is 0.677. The molecular weight excluding hydrogens is 302 g/mol. The normalized spacial score (nSPS) is 24.2. The number of hydrogen-bond donors (Lipinski definition) is 4. The molecule has 0 spiro atoms. The number of amides is 1. The molecule has 1 amide bonds. The third kappa shape index (κ3) is 2.82. The molecule has 2 unspecified atom stereocenters. The first-order valence-electron chi connectivity index (χ1n) is 8.63. The van der Waals surface area contributed by atoms with E-state index in [1.807, 2.05) is 44.3 Å². The smallest absolute Gasteiger partial charge is 0.240 e. The lowest BCUT2D eigenvalue weighted by atomic mass is 9.75. The van der Waals surface area contributed by atoms with Crippen molar-refractivity contribution < 1.29 is 9.90 Å². The fourth-order valence-corrected chi connectivity index (χ4v) is 3.83. The van der Waals surface area contributed by atoms with E-state index < -0.39 is 5.54 Å². The van der Waals surface area contributed by atoms with Crippen molar-refractivity contribution in [2.24, 2.45) is 11.1 Å². The van der Waals surface area contributed by atoms with Gasteiger partial charge in [-0.05, 0) is 36.3 Å². The van der Waals surface area contributed by atoms with Gasteiger partial charge in [0.1, 0.15) is 5.54 Å². The fourth-order valence-electron chi connectivity index (χ4n) is 3.83. The molecule has 0 aliphatic heterocycles. The molecule has 0 bridgehead atoms. The average molecular weight is 329 g/mol. The van der Waals surface area contributed by atoms with Crippen LogP contribution in [0.5, 0.6) is 0 Å². The van der Waals surface area contributed by atoms with Gasteiger partial charge in [0.15, 0.2) is 0 Å². The van der Waals surface area contributed by atoms with E-state index in [4.69, 9.17) is 5.73 Å². The van der Waals surface area contributed by atoms with E-state index in [-0.39, 0.29) is 24.0 Å². The molecule has 5 nitrogen and oxygen atoms in total. The third-order valence-electron chi connectivity index (χ3n) is 5.68. The van der Waals surface area contributed by atoms with Crippen LogP contribution in [0.4, 0.5) is 0 Å². The minimum atomic E-state index is -0.860. The molecule has 1 aliphatic carbocycles. The van der Waals surface area contributed by atoms with E-state index in [1.54, 1.807) is 0 Å². The van der Waals surface area contributed by atoms with E-state index in [0.29, 0.717) is 12.8 Å². The maximum atomic E-state index is 12.8. The second-order valence-electron chi connectivity index (χ2n) is 7.63. The highest BCUT2D eigenvalue weighted by molar-refractivity contribution is 5.88. The van der Waals surface area contributed by atoms with Gasteiger partial charge in [-0.3, -0.25) is 4.79 Å². The molecule has 1 fully saturated rings. The summed E-state index contributed by atoms with van der Waals surface area (Å²) in [6, 6.07) is 7.69. The predicted molar refractivity (Wildman–Crippen MR) is 95.6 cm³/mol. The van der Waals surface area contributed by atoms with E-state index in [9.17, 15) is 9.90 Å². The van der Waals surface area contributed by atoms with Crippen molar-refractivity contribution in [3.63, 3.8) is 0 Å². The Morgan fingerprint density at radius 1 is 1.38 bits per heavy atom. The van der Waals surface area contributed by atoms with Crippen molar-refractivity contribution in [3.8, 4) is 0 Å². The Bertz CT molecular complexity index is 737. The van der Waals surface area contributed by atoms with Crippen molar-refractivity contribution >= 4 is 16.8 Å². The summed E-state index contributed by atoms with van der Waals surface area (Å²) in [6.45, 7) is 3.99. The summed E-state index contributed by atoms with van der Waals surface area (Å²) in [4.78, 5) is 16.0. The zero-order chi connectivity index (χ0) is 17.4. The lowest BCUT2D eigenvalue weighted by Gasteiger charge is -2.37. The lowest BCUT2D eigenvalue weighted by molar-refractivity contribution is -0.130. The van der Waals surface area contributed by atoms with Gasteiger partial charge in [0.25, 0.3) is 0 Å². The Labute approximate surface area is 142 Å². The van der Waals surface area contributed by atoms with Crippen LogP contribution in [0.15, 0.2) is 30.5 Å². The van der Waals surface area contributed by atoms with Crippen LogP contribution >= 0.6 is 0 Å². The summed E-state index contributed by atoms with van der Waals surface area (Å²) < 4.78 is 0. The fraction of sp³-hybridized carbons (Fsp3) is 0.526. The van der Waals surface area contributed by atoms with Gasteiger partial charge in [-0.2, -0.15) is 0 Å². The van der Waals surface area contributed by atoms with E-state index in [2.05, 4.69) is 10.3 Å². The SMILES string of the molecule is CC1(C)CCCC1(N)C(=O)NC(CO)Cc1c[nH]c2ccccc12. The van der Waals surface area contributed by atoms with E-state index >= 15 is 0 Å². The van der Waals surface area contributed by atoms with Crippen LogP contribution in [-0.2, 0) is 11.2 Å². The number of aliphatic hydroxyl groups excluding tert-OH is 1. The molecule has 5 heteroatoms. The highest BCUT2D eigenvalue weighted by Crippen LogP contribution is 2.44.